The Morgan fingerprint density at radius 2 is 2.03 bits per heavy atom. The number of thioether (sulfide) groups is 1. The van der Waals surface area contributed by atoms with Crippen molar-refractivity contribution in [3.63, 3.8) is 0 Å². The van der Waals surface area contributed by atoms with E-state index < -0.39 is 12.0 Å². The van der Waals surface area contributed by atoms with Gasteiger partial charge in [0.05, 0.1) is 5.57 Å². The lowest BCUT2D eigenvalue weighted by atomic mass is 9.96. The molecule has 1 aromatic heterocycles. The third-order valence-corrected chi connectivity index (χ3v) is 6.14. The van der Waals surface area contributed by atoms with Crippen LogP contribution in [0.1, 0.15) is 37.4 Å². The fourth-order valence-electron chi connectivity index (χ4n) is 3.44. The van der Waals surface area contributed by atoms with Crippen LogP contribution in [0, 0.1) is 0 Å². The van der Waals surface area contributed by atoms with Crippen LogP contribution in [0.2, 0.25) is 5.02 Å². The number of ether oxygens (including phenoxy) is 1. The minimum absolute atomic E-state index is 0.195. The van der Waals surface area contributed by atoms with Crippen LogP contribution >= 0.6 is 23.4 Å². The maximum absolute atomic E-state index is 13.2. The molecule has 2 heterocycles. The standard InChI is InChI=1S/C23H23ClN4O2S/c1-3-12-31-23-26-22-25-15(2)19(21(29)30-14-16-8-5-4-6-9-16)20(28(22)27-23)17-10-7-11-18(24)13-17/h4-11,13,20H,3,12,14H2,1-2H3,(H,25,26,27). The van der Waals surface area contributed by atoms with Crippen LogP contribution in [0.3, 0.4) is 0 Å². The largest absolute Gasteiger partial charge is 0.457 e. The van der Waals surface area contributed by atoms with E-state index in [0.717, 1.165) is 23.3 Å². The highest BCUT2D eigenvalue weighted by Crippen LogP contribution is 2.37. The summed E-state index contributed by atoms with van der Waals surface area (Å²) >= 11 is 7.86. The molecule has 6 nitrogen and oxygen atoms in total. The van der Waals surface area contributed by atoms with Crippen LogP contribution in [0.25, 0.3) is 0 Å². The summed E-state index contributed by atoms with van der Waals surface area (Å²) in [4.78, 5) is 17.8. The van der Waals surface area contributed by atoms with Gasteiger partial charge in [0, 0.05) is 16.5 Å². The number of hydrogen-bond acceptors (Lipinski definition) is 6. The van der Waals surface area contributed by atoms with Crippen molar-refractivity contribution in [2.24, 2.45) is 0 Å². The van der Waals surface area contributed by atoms with E-state index in [0.29, 0.717) is 27.4 Å². The molecular formula is C23H23ClN4O2S. The van der Waals surface area contributed by atoms with E-state index in [1.165, 1.54) is 0 Å². The molecule has 3 aromatic rings. The van der Waals surface area contributed by atoms with Gasteiger partial charge < -0.3 is 10.1 Å². The number of allylic oxidation sites excluding steroid dienone is 1. The summed E-state index contributed by atoms with van der Waals surface area (Å²) in [7, 11) is 0. The second-order valence-electron chi connectivity index (χ2n) is 7.19. The van der Waals surface area contributed by atoms with Crippen molar-refractivity contribution in [1.29, 1.82) is 0 Å². The lowest BCUT2D eigenvalue weighted by Gasteiger charge is -2.28. The highest BCUT2D eigenvalue weighted by Gasteiger charge is 2.35. The number of anilines is 1. The third-order valence-electron chi connectivity index (χ3n) is 4.87. The first-order valence-corrected chi connectivity index (χ1v) is 11.5. The van der Waals surface area contributed by atoms with Gasteiger partial charge in [-0.05, 0) is 36.6 Å². The van der Waals surface area contributed by atoms with Crippen molar-refractivity contribution < 1.29 is 9.53 Å². The van der Waals surface area contributed by atoms with Crippen molar-refractivity contribution in [2.75, 3.05) is 11.1 Å². The second kappa shape index (κ2) is 9.58. The Bertz CT molecular complexity index is 1110. The maximum atomic E-state index is 13.2. The molecule has 0 fully saturated rings. The van der Waals surface area contributed by atoms with Crippen LogP contribution in [-0.2, 0) is 16.1 Å². The van der Waals surface area contributed by atoms with Crippen LogP contribution in [0.5, 0.6) is 0 Å². The number of rotatable bonds is 7. The molecule has 2 aromatic carbocycles. The predicted molar refractivity (Wildman–Crippen MR) is 123 cm³/mol. The first kappa shape index (κ1) is 21.5. The van der Waals surface area contributed by atoms with Crippen LogP contribution < -0.4 is 5.32 Å². The molecule has 1 aliphatic heterocycles. The molecule has 0 aliphatic carbocycles. The second-order valence-corrected chi connectivity index (χ2v) is 8.69. The monoisotopic (exact) mass is 454 g/mol. The van der Waals surface area contributed by atoms with E-state index in [-0.39, 0.29) is 6.61 Å². The number of nitrogens with one attached hydrogen (secondary N) is 1. The first-order valence-electron chi connectivity index (χ1n) is 10.1. The van der Waals surface area contributed by atoms with Gasteiger partial charge in [-0.2, -0.15) is 4.98 Å². The fraction of sp³-hybridized carbons (Fsp3) is 0.261. The van der Waals surface area contributed by atoms with E-state index in [9.17, 15) is 4.79 Å². The van der Waals surface area contributed by atoms with Gasteiger partial charge in [0.15, 0.2) is 0 Å². The van der Waals surface area contributed by atoms with Crippen molar-refractivity contribution in [1.82, 2.24) is 14.8 Å². The Morgan fingerprint density at radius 3 is 2.77 bits per heavy atom. The molecular weight excluding hydrogens is 432 g/mol. The number of aromatic nitrogens is 3. The molecule has 0 saturated carbocycles. The molecule has 0 radical (unpaired) electrons. The Labute approximate surface area is 190 Å². The average molecular weight is 455 g/mol. The number of carbonyl (C=O) groups excluding carboxylic acids is 1. The van der Waals surface area contributed by atoms with Crippen molar-refractivity contribution in [3.05, 3.63) is 82.0 Å². The van der Waals surface area contributed by atoms with Crippen molar-refractivity contribution >= 4 is 35.3 Å². The van der Waals surface area contributed by atoms with Crippen molar-refractivity contribution in [3.8, 4) is 0 Å². The van der Waals surface area contributed by atoms with Gasteiger partial charge in [-0.1, -0.05) is 72.8 Å². The number of esters is 1. The Kier molecular flexibility index (Phi) is 6.63. The van der Waals surface area contributed by atoms with E-state index in [4.69, 9.17) is 16.3 Å². The maximum Gasteiger partial charge on any atom is 0.338 e. The Hall–Kier alpha value is -2.77. The summed E-state index contributed by atoms with van der Waals surface area (Å²) in [5.74, 6) is 1.12. The Morgan fingerprint density at radius 1 is 1.23 bits per heavy atom. The zero-order chi connectivity index (χ0) is 21.8. The SMILES string of the molecule is CCCSc1nc2n(n1)C(c1cccc(Cl)c1)C(C(=O)OCc1ccccc1)=C(C)N2. The molecule has 0 spiro atoms. The number of hydrogen-bond donors (Lipinski definition) is 1. The molecule has 160 valence electrons. The number of nitrogens with zero attached hydrogens (tertiary/aromatic N) is 3. The fourth-order valence-corrected chi connectivity index (χ4v) is 4.32. The molecule has 0 saturated heterocycles. The lowest BCUT2D eigenvalue weighted by Crippen LogP contribution is -2.29. The smallest absolute Gasteiger partial charge is 0.338 e. The quantitative estimate of drug-likeness (QED) is 0.377. The molecule has 1 unspecified atom stereocenters. The summed E-state index contributed by atoms with van der Waals surface area (Å²) in [6.07, 6.45) is 1.02. The lowest BCUT2D eigenvalue weighted by molar-refractivity contribution is -0.140. The average Bonchev–Trinajstić information content (AvgIpc) is 3.18. The molecule has 1 aliphatic rings. The molecule has 0 amide bonds. The third kappa shape index (κ3) is 4.78. The number of carbonyl (C=O) groups is 1. The zero-order valence-electron chi connectivity index (χ0n) is 17.3. The van der Waals surface area contributed by atoms with Gasteiger partial charge in [-0.25, -0.2) is 9.48 Å². The van der Waals surface area contributed by atoms with Crippen LogP contribution in [0.15, 0.2) is 71.0 Å². The zero-order valence-corrected chi connectivity index (χ0v) is 18.9. The summed E-state index contributed by atoms with van der Waals surface area (Å²) in [5.41, 5.74) is 2.95. The number of halogens is 1. The van der Waals surface area contributed by atoms with Gasteiger partial charge in [-0.15, -0.1) is 5.10 Å². The molecule has 8 heteroatoms. The highest BCUT2D eigenvalue weighted by molar-refractivity contribution is 7.99. The van der Waals surface area contributed by atoms with E-state index in [1.807, 2.05) is 55.5 Å². The predicted octanol–water partition coefficient (Wildman–Crippen LogP) is 5.47. The van der Waals surface area contributed by atoms with Crippen LogP contribution in [-0.4, -0.2) is 26.5 Å². The van der Waals surface area contributed by atoms with Crippen LogP contribution in [0.4, 0.5) is 5.95 Å². The first-order chi connectivity index (χ1) is 15.1. The van der Waals surface area contributed by atoms with Crippen molar-refractivity contribution in [2.45, 2.75) is 38.1 Å². The molecule has 1 atom stereocenters. The molecule has 4 rings (SSSR count). The number of benzene rings is 2. The summed E-state index contributed by atoms with van der Waals surface area (Å²) in [6, 6.07) is 16.6. The van der Waals surface area contributed by atoms with Gasteiger partial charge in [0.25, 0.3) is 0 Å². The normalized spacial score (nSPS) is 15.4. The minimum atomic E-state index is -0.485. The summed E-state index contributed by atoms with van der Waals surface area (Å²) < 4.78 is 7.42. The van der Waals surface area contributed by atoms with E-state index in [1.54, 1.807) is 22.5 Å². The van der Waals surface area contributed by atoms with Gasteiger partial charge in [0.1, 0.15) is 12.6 Å². The van der Waals surface area contributed by atoms with Gasteiger partial charge >= 0.3 is 5.97 Å². The van der Waals surface area contributed by atoms with E-state index >= 15 is 0 Å². The topological polar surface area (TPSA) is 69.0 Å². The number of fused-ring (bicyclic) bond motifs is 1. The Balaban J connectivity index is 1.69. The summed E-state index contributed by atoms with van der Waals surface area (Å²) in [6.45, 7) is 4.16. The molecule has 31 heavy (non-hydrogen) atoms. The summed E-state index contributed by atoms with van der Waals surface area (Å²) in [5, 5.41) is 9.16. The highest BCUT2D eigenvalue weighted by atomic mass is 35.5. The minimum Gasteiger partial charge on any atom is -0.457 e. The molecule has 0 bridgehead atoms. The van der Waals surface area contributed by atoms with E-state index in [2.05, 4.69) is 22.3 Å². The van der Waals surface area contributed by atoms with Gasteiger partial charge in [0.2, 0.25) is 11.1 Å². The molecule has 1 N–H and O–H groups in total. The van der Waals surface area contributed by atoms with Gasteiger partial charge in [-0.3, -0.25) is 0 Å².